The minimum Gasteiger partial charge on any atom is -0.484 e. The average molecular weight is 288 g/mol. The molecule has 1 amide bonds. The van der Waals surface area contributed by atoms with E-state index in [0.29, 0.717) is 17.2 Å². The number of hydrogen-bond donors (Lipinski definition) is 3. The summed E-state index contributed by atoms with van der Waals surface area (Å²) in [6.45, 7) is 0.901. The largest absolute Gasteiger partial charge is 0.484 e. The molecule has 0 bridgehead atoms. The van der Waals surface area contributed by atoms with Crippen LogP contribution in [0.5, 0.6) is 5.75 Å². The fraction of sp³-hybridized carbons (Fsp3) is 0.462. The van der Waals surface area contributed by atoms with E-state index in [0.717, 1.165) is 0 Å². The molecule has 0 aliphatic carbocycles. The first-order chi connectivity index (χ1) is 9.05. The van der Waals surface area contributed by atoms with Crippen molar-refractivity contribution in [1.82, 2.24) is 5.32 Å². The van der Waals surface area contributed by atoms with E-state index in [1.165, 1.54) is 0 Å². The molecular weight excluding hydrogens is 270 g/mol. The van der Waals surface area contributed by atoms with Crippen molar-refractivity contribution in [2.75, 3.05) is 19.8 Å². The highest BCUT2D eigenvalue weighted by Gasteiger charge is 2.28. The first-order valence-corrected chi connectivity index (χ1v) is 6.34. The van der Waals surface area contributed by atoms with Crippen LogP contribution in [0.25, 0.3) is 0 Å². The maximum Gasteiger partial charge on any atom is 0.258 e. The molecule has 0 saturated carbocycles. The van der Waals surface area contributed by atoms with Crippen LogP contribution >= 0.6 is 11.6 Å². The van der Waals surface area contributed by atoms with Crippen LogP contribution in [-0.2, 0) is 4.79 Å². The summed E-state index contributed by atoms with van der Waals surface area (Å²) in [7, 11) is 0. The second-order valence-corrected chi connectivity index (χ2v) is 4.68. The van der Waals surface area contributed by atoms with Gasteiger partial charge in [0.2, 0.25) is 0 Å². The van der Waals surface area contributed by atoms with Crippen molar-refractivity contribution in [3.05, 3.63) is 29.3 Å². The molecule has 19 heavy (non-hydrogen) atoms. The molecule has 3 N–H and O–H groups in total. The third kappa shape index (κ3) is 4.70. The predicted molar refractivity (Wildman–Crippen MR) is 72.3 cm³/mol. The Kier molecular flexibility index (Phi) is 6.08. The lowest BCUT2D eigenvalue weighted by Crippen LogP contribution is -2.54. The molecule has 0 unspecified atom stereocenters. The van der Waals surface area contributed by atoms with E-state index in [4.69, 9.17) is 16.3 Å². The molecule has 1 aromatic carbocycles. The number of carbonyl (C=O) groups is 1. The summed E-state index contributed by atoms with van der Waals surface area (Å²) in [5.41, 5.74) is -1.01. The van der Waals surface area contributed by atoms with Gasteiger partial charge in [-0.3, -0.25) is 4.79 Å². The number of carbonyl (C=O) groups excluding carboxylic acids is 1. The van der Waals surface area contributed by atoms with Gasteiger partial charge in [0.25, 0.3) is 5.91 Å². The first-order valence-electron chi connectivity index (χ1n) is 5.96. The van der Waals surface area contributed by atoms with E-state index >= 15 is 0 Å². The minimum atomic E-state index is -1.01. The summed E-state index contributed by atoms with van der Waals surface area (Å²) in [4.78, 5) is 11.7. The highest BCUT2D eigenvalue weighted by Crippen LogP contribution is 2.17. The predicted octanol–water partition coefficient (Wildman–Crippen LogP) is 0.968. The zero-order valence-corrected chi connectivity index (χ0v) is 11.5. The third-order valence-corrected chi connectivity index (χ3v) is 3.09. The summed E-state index contributed by atoms with van der Waals surface area (Å²) < 4.78 is 5.27. The Morgan fingerprint density at radius 2 is 2.11 bits per heavy atom. The van der Waals surface area contributed by atoms with Crippen LogP contribution in [0.3, 0.4) is 0 Å². The SMILES string of the molecule is CCC(CO)(CO)NC(=O)COc1cccc(Cl)c1. The second kappa shape index (κ2) is 7.33. The molecule has 0 radical (unpaired) electrons. The van der Waals surface area contributed by atoms with Gasteiger partial charge in [-0.1, -0.05) is 24.6 Å². The van der Waals surface area contributed by atoms with Gasteiger partial charge in [-0.25, -0.2) is 0 Å². The van der Waals surface area contributed by atoms with E-state index in [-0.39, 0.29) is 19.8 Å². The third-order valence-electron chi connectivity index (χ3n) is 2.85. The fourth-order valence-corrected chi connectivity index (χ4v) is 1.66. The smallest absolute Gasteiger partial charge is 0.258 e. The minimum absolute atomic E-state index is 0.206. The van der Waals surface area contributed by atoms with E-state index in [1.807, 2.05) is 0 Å². The highest BCUT2D eigenvalue weighted by molar-refractivity contribution is 6.30. The van der Waals surface area contributed by atoms with Gasteiger partial charge in [-0.05, 0) is 24.6 Å². The number of benzene rings is 1. The molecular formula is C13H18ClNO4. The molecule has 0 aliphatic heterocycles. The Bertz CT molecular complexity index is 413. The van der Waals surface area contributed by atoms with Crippen molar-refractivity contribution in [2.45, 2.75) is 18.9 Å². The fourth-order valence-electron chi connectivity index (χ4n) is 1.48. The van der Waals surface area contributed by atoms with Crippen molar-refractivity contribution in [1.29, 1.82) is 0 Å². The molecule has 5 nitrogen and oxygen atoms in total. The summed E-state index contributed by atoms with van der Waals surface area (Å²) in [6, 6.07) is 6.70. The van der Waals surface area contributed by atoms with Crippen LogP contribution in [0.2, 0.25) is 5.02 Å². The van der Waals surface area contributed by atoms with Crippen LogP contribution in [0.15, 0.2) is 24.3 Å². The van der Waals surface area contributed by atoms with E-state index in [9.17, 15) is 15.0 Å². The van der Waals surface area contributed by atoms with Gasteiger partial charge in [0, 0.05) is 5.02 Å². The van der Waals surface area contributed by atoms with Gasteiger partial charge in [-0.2, -0.15) is 0 Å². The molecule has 106 valence electrons. The molecule has 0 atom stereocenters. The van der Waals surface area contributed by atoms with Crippen molar-refractivity contribution < 1.29 is 19.7 Å². The number of amides is 1. The molecule has 1 rings (SSSR count). The zero-order valence-electron chi connectivity index (χ0n) is 10.7. The lowest BCUT2D eigenvalue weighted by Gasteiger charge is -2.29. The zero-order chi connectivity index (χ0) is 14.3. The second-order valence-electron chi connectivity index (χ2n) is 4.24. The highest BCUT2D eigenvalue weighted by atomic mass is 35.5. The normalized spacial score (nSPS) is 11.2. The summed E-state index contributed by atoms with van der Waals surface area (Å²) in [5, 5.41) is 21.5. The number of aliphatic hydroxyl groups is 2. The van der Waals surface area contributed by atoms with E-state index in [1.54, 1.807) is 31.2 Å². The van der Waals surface area contributed by atoms with Crippen LogP contribution in [-0.4, -0.2) is 41.5 Å². The Hall–Kier alpha value is -1.30. The van der Waals surface area contributed by atoms with Crippen LogP contribution in [0.4, 0.5) is 0 Å². The lowest BCUT2D eigenvalue weighted by atomic mass is 9.98. The average Bonchev–Trinajstić information content (AvgIpc) is 2.43. The topological polar surface area (TPSA) is 78.8 Å². The first kappa shape index (κ1) is 15.8. The quantitative estimate of drug-likeness (QED) is 0.698. The Morgan fingerprint density at radius 3 is 2.63 bits per heavy atom. The molecule has 0 aliphatic rings. The van der Waals surface area contributed by atoms with Crippen molar-refractivity contribution in [3.8, 4) is 5.75 Å². The van der Waals surface area contributed by atoms with Crippen molar-refractivity contribution >= 4 is 17.5 Å². The number of ether oxygens (including phenoxy) is 1. The summed E-state index contributed by atoms with van der Waals surface area (Å²) in [5.74, 6) is 0.0719. The molecule has 0 aromatic heterocycles. The summed E-state index contributed by atoms with van der Waals surface area (Å²) in [6.07, 6.45) is 0.420. The maximum atomic E-state index is 11.7. The Morgan fingerprint density at radius 1 is 1.42 bits per heavy atom. The van der Waals surface area contributed by atoms with E-state index < -0.39 is 11.4 Å². The Balaban J connectivity index is 2.52. The molecule has 1 aromatic rings. The molecule has 0 spiro atoms. The maximum absolute atomic E-state index is 11.7. The molecule has 6 heteroatoms. The monoisotopic (exact) mass is 287 g/mol. The van der Waals surface area contributed by atoms with E-state index in [2.05, 4.69) is 5.32 Å². The standard InChI is InChI=1S/C13H18ClNO4/c1-2-13(8-16,9-17)15-12(18)7-19-11-5-3-4-10(14)6-11/h3-6,16-17H,2,7-9H2,1H3,(H,15,18). The van der Waals surface area contributed by atoms with Crippen LogP contribution in [0.1, 0.15) is 13.3 Å². The molecule has 0 fully saturated rings. The number of hydrogen-bond acceptors (Lipinski definition) is 4. The van der Waals surface area contributed by atoms with Crippen molar-refractivity contribution in [2.24, 2.45) is 0 Å². The lowest BCUT2D eigenvalue weighted by molar-refractivity contribution is -0.126. The Labute approximate surface area is 117 Å². The van der Waals surface area contributed by atoms with Gasteiger partial charge in [0.15, 0.2) is 6.61 Å². The van der Waals surface area contributed by atoms with Gasteiger partial charge in [0.05, 0.1) is 18.8 Å². The van der Waals surface area contributed by atoms with Crippen LogP contribution in [0, 0.1) is 0 Å². The van der Waals surface area contributed by atoms with Gasteiger partial charge in [0.1, 0.15) is 5.75 Å². The van der Waals surface area contributed by atoms with Gasteiger partial charge >= 0.3 is 0 Å². The summed E-state index contributed by atoms with van der Waals surface area (Å²) >= 11 is 5.79. The number of nitrogens with one attached hydrogen (secondary N) is 1. The molecule has 0 heterocycles. The van der Waals surface area contributed by atoms with Gasteiger partial charge in [-0.15, -0.1) is 0 Å². The number of rotatable bonds is 7. The molecule has 0 saturated heterocycles. The van der Waals surface area contributed by atoms with Gasteiger partial charge < -0.3 is 20.3 Å². The number of halogens is 1. The van der Waals surface area contributed by atoms with Crippen molar-refractivity contribution in [3.63, 3.8) is 0 Å². The van der Waals surface area contributed by atoms with Crippen LogP contribution < -0.4 is 10.1 Å². The number of aliphatic hydroxyl groups excluding tert-OH is 2.